The lowest BCUT2D eigenvalue weighted by atomic mass is 10.2. The lowest BCUT2D eigenvalue weighted by Crippen LogP contribution is -2.10. The molecule has 5 heteroatoms. The number of aliphatic carboxylic acids is 1. The van der Waals surface area contributed by atoms with Crippen molar-refractivity contribution in [3.8, 4) is 0 Å². The van der Waals surface area contributed by atoms with Gasteiger partial charge in [-0.15, -0.1) is 0 Å². The molecule has 1 heterocycles. The summed E-state index contributed by atoms with van der Waals surface area (Å²) >= 11 is 0. The highest BCUT2D eigenvalue weighted by molar-refractivity contribution is 5.67. The van der Waals surface area contributed by atoms with Crippen molar-refractivity contribution in [2.45, 2.75) is 19.4 Å². The average Bonchev–Trinajstić information content (AvgIpc) is 2.35. The van der Waals surface area contributed by atoms with E-state index in [4.69, 9.17) is 5.11 Å². The molecule has 60 valence electrons. The van der Waals surface area contributed by atoms with Crippen molar-refractivity contribution in [2.24, 2.45) is 0 Å². The van der Waals surface area contributed by atoms with Crippen LogP contribution in [0.25, 0.3) is 0 Å². The van der Waals surface area contributed by atoms with Gasteiger partial charge in [0.05, 0.1) is 12.5 Å². The summed E-state index contributed by atoms with van der Waals surface area (Å²) in [5.41, 5.74) is 0. The molecule has 1 N–H and O–H groups in total. The number of nitrogens with zero attached hydrogens (tertiary/aromatic N) is 3. The molecule has 0 amide bonds. The van der Waals surface area contributed by atoms with Gasteiger partial charge in [-0.3, -0.25) is 4.79 Å². The second-order valence-electron chi connectivity index (χ2n) is 2.32. The molecule has 0 saturated heterocycles. The van der Waals surface area contributed by atoms with Gasteiger partial charge in [0.2, 0.25) is 0 Å². The van der Waals surface area contributed by atoms with E-state index < -0.39 is 5.97 Å². The van der Waals surface area contributed by atoms with Crippen molar-refractivity contribution in [2.75, 3.05) is 0 Å². The maximum atomic E-state index is 10.2. The number of hydrogen-bond donors (Lipinski definition) is 1. The van der Waals surface area contributed by atoms with Gasteiger partial charge < -0.3 is 5.11 Å². The maximum Gasteiger partial charge on any atom is 0.305 e. The molecular formula is C6H9N3O2. The summed E-state index contributed by atoms with van der Waals surface area (Å²) in [6.07, 6.45) is 2.97. The number of aromatic nitrogens is 3. The molecule has 5 nitrogen and oxygen atoms in total. The van der Waals surface area contributed by atoms with Gasteiger partial charge in [0.25, 0.3) is 0 Å². The number of carbonyl (C=O) groups is 1. The number of carboxylic acid groups (broad SMARTS) is 1. The van der Waals surface area contributed by atoms with Crippen LogP contribution in [-0.4, -0.2) is 25.8 Å². The third-order valence-electron chi connectivity index (χ3n) is 1.36. The molecule has 0 saturated carbocycles. The van der Waals surface area contributed by atoms with Gasteiger partial charge in [-0.05, 0) is 6.92 Å². The smallest absolute Gasteiger partial charge is 0.305 e. The Kier molecular flexibility index (Phi) is 2.20. The molecule has 1 rings (SSSR count). The Morgan fingerprint density at radius 1 is 1.82 bits per heavy atom. The van der Waals surface area contributed by atoms with Crippen LogP contribution in [0.2, 0.25) is 0 Å². The topological polar surface area (TPSA) is 68.0 Å². The van der Waals surface area contributed by atoms with E-state index >= 15 is 0 Å². The quantitative estimate of drug-likeness (QED) is 0.682. The molecule has 1 atom stereocenters. The number of carboxylic acids is 1. The molecule has 0 fully saturated rings. The fourth-order valence-electron chi connectivity index (χ4n) is 0.791. The Bertz CT molecular complexity index is 232. The zero-order chi connectivity index (χ0) is 8.27. The highest BCUT2D eigenvalue weighted by atomic mass is 16.4. The van der Waals surface area contributed by atoms with Gasteiger partial charge in [0, 0.05) is 0 Å². The molecule has 0 bridgehead atoms. The normalized spacial score (nSPS) is 12.8. The predicted molar refractivity (Wildman–Crippen MR) is 37.0 cm³/mol. The van der Waals surface area contributed by atoms with E-state index in [1.54, 1.807) is 6.92 Å². The summed E-state index contributed by atoms with van der Waals surface area (Å²) < 4.78 is 1.52. The van der Waals surface area contributed by atoms with Gasteiger partial charge >= 0.3 is 5.97 Å². The lowest BCUT2D eigenvalue weighted by Gasteiger charge is -2.06. The molecule has 0 radical (unpaired) electrons. The van der Waals surface area contributed by atoms with E-state index in [-0.39, 0.29) is 12.5 Å². The number of hydrogen-bond acceptors (Lipinski definition) is 3. The first-order valence-corrected chi connectivity index (χ1v) is 3.26. The van der Waals surface area contributed by atoms with Gasteiger partial charge in [-0.2, -0.15) is 5.10 Å². The van der Waals surface area contributed by atoms with Crippen LogP contribution in [0.1, 0.15) is 19.4 Å². The summed E-state index contributed by atoms with van der Waals surface area (Å²) in [6, 6.07) is -0.130. The van der Waals surface area contributed by atoms with Crippen LogP contribution in [0.3, 0.4) is 0 Å². The molecule has 0 aliphatic heterocycles. The molecule has 0 aliphatic rings. The number of rotatable bonds is 3. The molecule has 0 unspecified atom stereocenters. The zero-order valence-electron chi connectivity index (χ0n) is 6.14. The van der Waals surface area contributed by atoms with Crippen LogP contribution in [0.15, 0.2) is 12.7 Å². The first kappa shape index (κ1) is 7.71. The fraction of sp³-hybridized carbons (Fsp3) is 0.500. The fourth-order valence-corrected chi connectivity index (χ4v) is 0.791. The van der Waals surface area contributed by atoms with Crippen LogP contribution in [0.5, 0.6) is 0 Å². The molecule has 1 aromatic rings. The van der Waals surface area contributed by atoms with Gasteiger partial charge in [0.1, 0.15) is 12.7 Å². The summed E-state index contributed by atoms with van der Waals surface area (Å²) in [5.74, 6) is -0.826. The zero-order valence-corrected chi connectivity index (χ0v) is 6.14. The van der Waals surface area contributed by atoms with Gasteiger partial charge in [0.15, 0.2) is 0 Å². The summed E-state index contributed by atoms with van der Waals surface area (Å²) in [4.78, 5) is 14.0. The van der Waals surface area contributed by atoms with E-state index in [9.17, 15) is 4.79 Å². The van der Waals surface area contributed by atoms with Crippen LogP contribution in [0.4, 0.5) is 0 Å². The van der Waals surface area contributed by atoms with Gasteiger partial charge in [-0.25, -0.2) is 9.67 Å². The Morgan fingerprint density at radius 3 is 3.00 bits per heavy atom. The largest absolute Gasteiger partial charge is 0.481 e. The first-order chi connectivity index (χ1) is 5.20. The summed E-state index contributed by atoms with van der Waals surface area (Å²) in [6.45, 7) is 1.78. The Labute approximate surface area is 63.7 Å². The standard InChI is InChI=1S/C6H9N3O2/c1-5(2-6(10)11)9-4-7-3-8-9/h3-5H,2H2,1H3,(H,10,11)/t5-/m0/s1. The van der Waals surface area contributed by atoms with Crippen molar-refractivity contribution in [3.05, 3.63) is 12.7 Å². The third kappa shape index (κ3) is 2.03. The minimum Gasteiger partial charge on any atom is -0.481 e. The first-order valence-electron chi connectivity index (χ1n) is 3.26. The van der Waals surface area contributed by atoms with Crippen molar-refractivity contribution in [1.82, 2.24) is 14.8 Å². The van der Waals surface area contributed by atoms with E-state index in [1.807, 2.05) is 0 Å². The minimum atomic E-state index is -0.826. The van der Waals surface area contributed by atoms with Crippen molar-refractivity contribution < 1.29 is 9.90 Å². The predicted octanol–water partition coefficient (Wildman–Crippen LogP) is 0.314. The van der Waals surface area contributed by atoms with E-state index in [2.05, 4.69) is 10.1 Å². The van der Waals surface area contributed by atoms with E-state index in [1.165, 1.54) is 17.3 Å². The van der Waals surface area contributed by atoms with Crippen LogP contribution in [0, 0.1) is 0 Å². The summed E-state index contributed by atoms with van der Waals surface area (Å²) in [5, 5.41) is 12.2. The van der Waals surface area contributed by atoms with Crippen molar-refractivity contribution in [3.63, 3.8) is 0 Å². The Hall–Kier alpha value is -1.39. The van der Waals surface area contributed by atoms with Crippen LogP contribution >= 0.6 is 0 Å². The lowest BCUT2D eigenvalue weighted by molar-refractivity contribution is -0.137. The molecule has 11 heavy (non-hydrogen) atoms. The monoisotopic (exact) mass is 155 g/mol. The van der Waals surface area contributed by atoms with Crippen molar-refractivity contribution >= 4 is 5.97 Å². The van der Waals surface area contributed by atoms with Crippen molar-refractivity contribution in [1.29, 1.82) is 0 Å². The van der Waals surface area contributed by atoms with Crippen LogP contribution < -0.4 is 0 Å². The second-order valence-corrected chi connectivity index (χ2v) is 2.32. The molecule has 0 aliphatic carbocycles. The van der Waals surface area contributed by atoms with E-state index in [0.717, 1.165) is 0 Å². The SMILES string of the molecule is C[C@@H](CC(=O)O)n1cncn1. The molecule has 1 aromatic heterocycles. The van der Waals surface area contributed by atoms with E-state index in [0.29, 0.717) is 0 Å². The summed E-state index contributed by atoms with van der Waals surface area (Å²) in [7, 11) is 0. The molecular weight excluding hydrogens is 146 g/mol. The maximum absolute atomic E-state index is 10.2. The highest BCUT2D eigenvalue weighted by Gasteiger charge is 2.08. The Morgan fingerprint density at radius 2 is 2.55 bits per heavy atom. The minimum absolute atomic E-state index is 0.0728. The van der Waals surface area contributed by atoms with Crippen LogP contribution in [-0.2, 0) is 4.79 Å². The highest BCUT2D eigenvalue weighted by Crippen LogP contribution is 2.06. The second kappa shape index (κ2) is 3.14. The third-order valence-corrected chi connectivity index (χ3v) is 1.36. The molecule has 0 spiro atoms. The Balaban J connectivity index is 2.56. The molecule has 0 aromatic carbocycles. The average molecular weight is 155 g/mol. The van der Waals surface area contributed by atoms with Gasteiger partial charge in [-0.1, -0.05) is 0 Å².